The van der Waals surface area contributed by atoms with Gasteiger partial charge in [0.25, 0.3) is 0 Å². The quantitative estimate of drug-likeness (QED) is 0.869. The third kappa shape index (κ3) is 4.38. The number of hydrogen-bond acceptors (Lipinski definition) is 5. The molecule has 1 N–H and O–H groups in total. The molecule has 1 aromatic carbocycles. The summed E-state index contributed by atoms with van der Waals surface area (Å²) in [7, 11) is 3.81. The zero-order valence-electron chi connectivity index (χ0n) is 15.6. The van der Waals surface area contributed by atoms with Crippen molar-refractivity contribution in [3.63, 3.8) is 0 Å². The van der Waals surface area contributed by atoms with Crippen molar-refractivity contribution in [3.8, 4) is 5.75 Å². The first-order chi connectivity index (χ1) is 11.9. The lowest BCUT2D eigenvalue weighted by molar-refractivity contribution is 0.0562. The van der Waals surface area contributed by atoms with Crippen molar-refractivity contribution >= 4 is 0 Å². The van der Waals surface area contributed by atoms with E-state index in [1.807, 2.05) is 28.9 Å². The van der Waals surface area contributed by atoms with Crippen LogP contribution in [-0.2, 0) is 13.0 Å². The Morgan fingerprint density at radius 3 is 2.72 bits per heavy atom. The Balaban J connectivity index is 1.89. The molecule has 2 heterocycles. The van der Waals surface area contributed by atoms with Crippen molar-refractivity contribution in [2.45, 2.75) is 44.8 Å². The lowest BCUT2D eigenvalue weighted by Crippen LogP contribution is -2.28. The molecule has 1 aliphatic heterocycles. The summed E-state index contributed by atoms with van der Waals surface area (Å²) in [6.45, 7) is 6.11. The maximum Gasteiger partial charge on any atom is 0.155 e. The van der Waals surface area contributed by atoms with Crippen LogP contribution in [0.25, 0.3) is 0 Å². The highest BCUT2D eigenvalue weighted by Crippen LogP contribution is 2.27. The molecule has 0 bridgehead atoms. The van der Waals surface area contributed by atoms with E-state index in [0.29, 0.717) is 18.9 Å². The first-order valence-corrected chi connectivity index (χ1v) is 8.82. The molecule has 6 nitrogen and oxygen atoms in total. The van der Waals surface area contributed by atoms with E-state index in [4.69, 9.17) is 14.8 Å². The molecule has 25 heavy (non-hydrogen) atoms. The molecule has 1 atom stereocenters. The molecular formula is C19H28N4O2. The van der Waals surface area contributed by atoms with E-state index >= 15 is 0 Å². The van der Waals surface area contributed by atoms with Crippen LogP contribution in [0.4, 0.5) is 0 Å². The Morgan fingerprint density at radius 2 is 2.08 bits per heavy atom. The van der Waals surface area contributed by atoms with E-state index in [0.717, 1.165) is 42.5 Å². The number of aliphatic hydroxyl groups is 1. The molecule has 136 valence electrons. The Bertz CT molecular complexity index is 720. The van der Waals surface area contributed by atoms with Crippen molar-refractivity contribution in [2.75, 3.05) is 27.2 Å². The molecular weight excluding hydrogens is 316 g/mol. The normalized spacial score (nSPS) is 18.7. The molecule has 0 amide bonds. The number of methoxy groups -OCH3 is 1. The summed E-state index contributed by atoms with van der Waals surface area (Å²) in [5.41, 5.74) is 0.245. The molecule has 6 heteroatoms. The van der Waals surface area contributed by atoms with Gasteiger partial charge in [-0.15, -0.1) is 0 Å². The standard InChI is InChI=1S/C19H28N4O2/c1-19(2,24)13-23-18(15-9-10-22(3)12-15)20-17(21-23)11-14-7-5-6-8-16(14)25-4/h5-8,15,24H,9-13H2,1-4H3. The average molecular weight is 344 g/mol. The van der Waals surface area contributed by atoms with Crippen LogP contribution in [0, 0.1) is 0 Å². The molecule has 1 unspecified atom stereocenters. The summed E-state index contributed by atoms with van der Waals surface area (Å²) in [4.78, 5) is 7.15. The van der Waals surface area contributed by atoms with Crippen molar-refractivity contribution in [1.29, 1.82) is 0 Å². The lowest BCUT2D eigenvalue weighted by Gasteiger charge is -2.19. The largest absolute Gasteiger partial charge is 0.496 e. The maximum absolute atomic E-state index is 10.3. The summed E-state index contributed by atoms with van der Waals surface area (Å²) in [6.07, 6.45) is 1.70. The molecule has 0 spiro atoms. The van der Waals surface area contributed by atoms with Crippen molar-refractivity contribution in [3.05, 3.63) is 41.5 Å². The van der Waals surface area contributed by atoms with E-state index in [2.05, 4.69) is 11.9 Å². The topological polar surface area (TPSA) is 63.4 Å². The molecule has 1 aliphatic rings. The summed E-state index contributed by atoms with van der Waals surface area (Å²) < 4.78 is 7.34. The highest BCUT2D eigenvalue weighted by atomic mass is 16.5. The van der Waals surface area contributed by atoms with Gasteiger partial charge in [0.15, 0.2) is 5.82 Å². The summed E-state index contributed by atoms with van der Waals surface area (Å²) in [5, 5.41) is 15.0. The van der Waals surface area contributed by atoms with Gasteiger partial charge < -0.3 is 14.7 Å². The van der Waals surface area contributed by atoms with E-state index in [1.54, 1.807) is 21.0 Å². The Labute approximate surface area is 149 Å². The van der Waals surface area contributed by atoms with Crippen LogP contribution in [0.3, 0.4) is 0 Å². The number of likely N-dealkylation sites (N-methyl/N-ethyl adjacent to an activating group) is 1. The smallest absolute Gasteiger partial charge is 0.155 e. The van der Waals surface area contributed by atoms with Crippen LogP contribution in [-0.4, -0.2) is 57.6 Å². The van der Waals surface area contributed by atoms with Gasteiger partial charge in [0.05, 0.1) is 19.3 Å². The molecule has 1 aromatic heterocycles. The fraction of sp³-hybridized carbons (Fsp3) is 0.579. The minimum Gasteiger partial charge on any atom is -0.496 e. The third-order valence-corrected chi connectivity index (χ3v) is 4.58. The average Bonchev–Trinajstić information content (AvgIpc) is 3.12. The monoisotopic (exact) mass is 344 g/mol. The highest BCUT2D eigenvalue weighted by Gasteiger charge is 2.28. The Hall–Kier alpha value is -1.92. The molecule has 0 aliphatic carbocycles. The second-order valence-corrected chi connectivity index (χ2v) is 7.59. The lowest BCUT2D eigenvalue weighted by atomic mass is 10.1. The fourth-order valence-corrected chi connectivity index (χ4v) is 3.43. The minimum absolute atomic E-state index is 0.367. The maximum atomic E-state index is 10.3. The van der Waals surface area contributed by atoms with Gasteiger partial charge in [0.1, 0.15) is 11.6 Å². The van der Waals surface area contributed by atoms with Crippen LogP contribution in [0.1, 0.15) is 43.4 Å². The van der Waals surface area contributed by atoms with Gasteiger partial charge in [-0.3, -0.25) is 0 Å². The van der Waals surface area contributed by atoms with Crippen molar-refractivity contribution < 1.29 is 9.84 Å². The first kappa shape index (κ1) is 17.9. The first-order valence-electron chi connectivity index (χ1n) is 8.82. The van der Waals surface area contributed by atoms with Gasteiger partial charge >= 0.3 is 0 Å². The molecule has 2 aromatic rings. The van der Waals surface area contributed by atoms with Gasteiger partial charge in [0, 0.05) is 24.4 Å². The number of nitrogens with zero attached hydrogens (tertiary/aromatic N) is 4. The second kappa shape index (κ2) is 7.14. The van der Waals surface area contributed by atoms with Crippen LogP contribution in [0.15, 0.2) is 24.3 Å². The highest BCUT2D eigenvalue weighted by molar-refractivity contribution is 5.35. The molecule has 1 saturated heterocycles. The van der Waals surface area contributed by atoms with Gasteiger partial charge in [0.2, 0.25) is 0 Å². The molecule has 0 radical (unpaired) electrons. The predicted octanol–water partition coefficient (Wildman–Crippen LogP) is 2.07. The number of likely N-dealkylation sites (tertiary alicyclic amines) is 1. The van der Waals surface area contributed by atoms with Gasteiger partial charge in [-0.1, -0.05) is 18.2 Å². The predicted molar refractivity (Wildman–Crippen MR) is 97.0 cm³/mol. The summed E-state index contributed by atoms with van der Waals surface area (Å²) >= 11 is 0. The number of rotatable bonds is 6. The number of hydrogen-bond donors (Lipinski definition) is 1. The van der Waals surface area contributed by atoms with Crippen LogP contribution in [0.2, 0.25) is 0 Å². The molecule has 3 rings (SSSR count). The van der Waals surface area contributed by atoms with Gasteiger partial charge in [-0.25, -0.2) is 9.67 Å². The van der Waals surface area contributed by atoms with Crippen molar-refractivity contribution in [2.24, 2.45) is 0 Å². The van der Waals surface area contributed by atoms with Gasteiger partial charge in [-0.2, -0.15) is 5.10 Å². The number of aromatic nitrogens is 3. The summed E-state index contributed by atoms with van der Waals surface area (Å²) in [6, 6.07) is 7.95. The SMILES string of the molecule is COc1ccccc1Cc1nc(C2CCN(C)C2)n(CC(C)(C)O)n1. The summed E-state index contributed by atoms with van der Waals surface area (Å²) in [5.74, 6) is 2.98. The van der Waals surface area contributed by atoms with E-state index in [1.165, 1.54) is 0 Å². The van der Waals surface area contributed by atoms with Crippen LogP contribution >= 0.6 is 0 Å². The molecule has 0 saturated carbocycles. The van der Waals surface area contributed by atoms with Gasteiger partial charge in [-0.05, 0) is 39.9 Å². The van der Waals surface area contributed by atoms with E-state index in [9.17, 15) is 5.11 Å². The number of ether oxygens (including phenoxy) is 1. The van der Waals surface area contributed by atoms with Crippen molar-refractivity contribution in [1.82, 2.24) is 19.7 Å². The third-order valence-electron chi connectivity index (χ3n) is 4.58. The van der Waals surface area contributed by atoms with Crippen LogP contribution < -0.4 is 4.74 Å². The second-order valence-electron chi connectivity index (χ2n) is 7.59. The minimum atomic E-state index is -0.825. The Morgan fingerprint density at radius 1 is 1.32 bits per heavy atom. The fourth-order valence-electron chi connectivity index (χ4n) is 3.43. The number of para-hydroxylation sites is 1. The molecule has 1 fully saturated rings. The van der Waals surface area contributed by atoms with E-state index < -0.39 is 5.60 Å². The Kier molecular flexibility index (Phi) is 5.11. The zero-order chi connectivity index (χ0) is 18.0. The van der Waals surface area contributed by atoms with Crippen LogP contribution in [0.5, 0.6) is 5.75 Å². The zero-order valence-corrected chi connectivity index (χ0v) is 15.6. The van der Waals surface area contributed by atoms with E-state index in [-0.39, 0.29) is 0 Å². The number of benzene rings is 1.